The number of aryl methyl sites for hydroxylation is 1. The minimum atomic E-state index is -1.99. The molecule has 4 aliphatic rings. The Kier molecular flexibility index (Phi) is 20.9. The van der Waals surface area contributed by atoms with E-state index in [-0.39, 0.29) is 66.9 Å². The Morgan fingerprint density at radius 2 is 1.35 bits per heavy atom. The van der Waals surface area contributed by atoms with Crippen LogP contribution in [0.2, 0.25) is 19.1 Å². The molecular weight excluding hydrogens is 1030 g/mol. The molecule has 3 aromatic rings. The summed E-state index contributed by atoms with van der Waals surface area (Å²) in [7, 11) is 1.37. The summed E-state index contributed by atoms with van der Waals surface area (Å²) < 4.78 is 0. The fraction of sp³-hybridized carbons (Fsp3) is 0.484. The van der Waals surface area contributed by atoms with E-state index in [4.69, 9.17) is 0 Å². The first-order chi connectivity index (χ1) is 38.5. The summed E-state index contributed by atoms with van der Waals surface area (Å²) in [4.78, 5) is 101. The molecular formula is C64H85N9O7Si. The summed E-state index contributed by atoms with van der Waals surface area (Å²) in [5.41, 5.74) is 5.26. The highest BCUT2D eigenvalue weighted by Crippen LogP contribution is 2.33. The van der Waals surface area contributed by atoms with Crippen LogP contribution >= 0.6 is 0 Å². The van der Waals surface area contributed by atoms with Gasteiger partial charge in [0.05, 0.1) is 26.2 Å². The van der Waals surface area contributed by atoms with Crippen molar-refractivity contribution in [3.63, 3.8) is 0 Å². The number of likely N-dealkylation sites (tertiary alicyclic amines) is 1. The smallest absolute Gasteiger partial charge is 0.251 e. The van der Waals surface area contributed by atoms with E-state index in [1.807, 2.05) is 81.5 Å². The molecule has 0 bridgehead atoms. The van der Waals surface area contributed by atoms with Gasteiger partial charge in [0.25, 0.3) is 5.91 Å². The number of carbonyl (C=O) groups excluding carboxylic acids is 7. The number of likely N-dealkylation sites (N-methyl/N-ethyl adjacent to an activating group) is 2. The lowest BCUT2D eigenvalue weighted by Gasteiger charge is -2.36. The minimum absolute atomic E-state index is 0.0687. The maximum absolute atomic E-state index is 14.7. The second kappa shape index (κ2) is 27.6. The zero-order valence-electron chi connectivity index (χ0n) is 48.9. The fourth-order valence-electron chi connectivity index (χ4n) is 11.2. The van der Waals surface area contributed by atoms with Gasteiger partial charge in [0, 0.05) is 47.9 Å². The predicted molar refractivity (Wildman–Crippen MR) is 320 cm³/mol. The number of fused-ring (bicyclic) bond motifs is 1. The highest BCUT2D eigenvalue weighted by Gasteiger charge is 2.48. The van der Waals surface area contributed by atoms with Crippen LogP contribution in [0.1, 0.15) is 124 Å². The second-order valence-electron chi connectivity index (χ2n) is 24.3. The van der Waals surface area contributed by atoms with E-state index in [9.17, 15) is 33.6 Å². The van der Waals surface area contributed by atoms with Crippen molar-refractivity contribution in [2.24, 2.45) is 5.41 Å². The molecule has 9 atom stereocenters. The van der Waals surface area contributed by atoms with Gasteiger partial charge in [0.2, 0.25) is 35.4 Å². The molecule has 0 saturated carbocycles. The third-order valence-electron chi connectivity index (χ3n) is 16.2. The molecule has 7 N–H and O–H groups in total. The molecule has 3 aromatic carbocycles. The maximum Gasteiger partial charge on any atom is 0.251 e. The van der Waals surface area contributed by atoms with Crippen LogP contribution in [0.3, 0.4) is 0 Å². The molecule has 16 nitrogen and oxygen atoms in total. The normalized spacial score (nSPS) is 22.9. The third-order valence-corrected chi connectivity index (χ3v) is 18.9. The van der Waals surface area contributed by atoms with Crippen LogP contribution in [0.4, 0.5) is 0 Å². The summed E-state index contributed by atoms with van der Waals surface area (Å²) in [6.45, 7) is 17.6. The summed E-state index contributed by atoms with van der Waals surface area (Å²) in [6, 6.07) is 17.9. The summed E-state index contributed by atoms with van der Waals surface area (Å²) in [6.07, 6.45) is 14.6. The van der Waals surface area contributed by atoms with E-state index >= 15 is 0 Å². The quantitative estimate of drug-likeness (QED) is 0.0668. The molecule has 2 heterocycles. The number of hydrogen-bond acceptors (Lipinski definition) is 9. The minimum Gasteiger partial charge on any atom is -0.351 e. The first kappa shape index (κ1) is 61.5. The van der Waals surface area contributed by atoms with Crippen molar-refractivity contribution >= 4 is 49.4 Å². The van der Waals surface area contributed by atoms with Gasteiger partial charge in [-0.15, -0.1) is 0 Å². The van der Waals surface area contributed by atoms with Gasteiger partial charge in [0.15, 0.2) is 0 Å². The van der Waals surface area contributed by atoms with E-state index in [0.717, 1.165) is 55.2 Å². The number of benzene rings is 3. The van der Waals surface area contributed by atoms with Gasteiger partial charge in [0.1, 0.15) is 24.2 Å². The van der Waals surface area contributed by atoms with E-state index in [0.29, 0.717) is 35.3 Å². The van der Waals surface area contributed by atoms with Crippen molar-refractivity contribution in [3.05, 3.63) is 143 Å². The predicted octanol–water partition coefficient (Wildman–Crippen LogP) is 5.94. The van der Waals surface area contributed by atoms with Gasteiger partial charge < -0.3 is 47.0 Å². The SMILES string of the molecule is C=C1/C=C\C=C/C[C@H](NC(=O)[C@@H]2C[C@H](NC(=O)c3ccc(C#Cc4ccc(C[C@H](NC(=O)[C@H](C)NC)C(=O)N5C[Si](C)(C)C[C@H]5C(=O)N[C@@H]5CCCc6ccccc65)cc4)cc3)CN2C(=O)C(NC(=O)[C@H](C)NC)C(C)(C)C)CCC1. The zero-order chi connectivity index (χ0) is 58.6. The van der Waals surface area contributed by atoms with E-state index < -0.39 is 61.7 Å². The van der Waals surface area contributed by atoms with Crippen molar-refractivity contribution in [2.75, 3.05) is 26.8 Å². The Hall–Kier alpha value is -7.13. The summed E-state index contributed by atoms with van der Waals surface area (Å²) in [5.74, 6) is 4.21. The molecule has 1 unspecified atom stereocenters. The molecule has 0 spiro atoms. The molecule has 7 amide bonds. The number of carbonyl (C=O) groups is 7. The molecule has 2 aliphatic heterocycles. The van der Waals surface area contributed by atoms with Crippen molar-refractivity contribution < 1.29 is 33.6 Å². The average molecular weight is 1120 g/mol. The van der Waals surface area contributed by atoms with Crippen molar-refractivity contribution in [1.29, 1.82) is 0 Å². The molecule has 0 radical (unpaired) electrons. The fourth-order valence-corrected chi connectivity index (χ4v) is 14.1. The van der Waals surface area contributed by atoms with Crippen LogP contribution in [0, 0.1) is 17.3 Å². The monoisotopic (exact) mass is 1120 g/mol. The lowest BCUT2D eigenvalue weighted by Crippen LogP contribution is -2.60. The van der Waals surface area contributed by atoms with Crippen LogP contribution < -0.4 is 37.2 Å². The summed E-state index contributed by atoms with van der Waals surface area (Å²) >= 11 is 0. The molecule has 7 rings (SSSR count). The maximum atomic E-state index is 14.7. The first-order valence-corrected chi connectivity index (χ1v) is 32.2. The van der Waals surface area contributed by atoms with Gasteiger partial charge in [-0.25, -0.2) is 0 Å². The molecule has 0 aromatic heterocycles. The van der Waals surface area contributed by atoms with Crippen molar-refractivity contribution in [1.82, 2.24) is 47.0 Å². The summed E-state index contributed by atoms with van der Waals surface area (Å²) in [5, 5.41) is 21.4. The van der Waals surface area contributed by atoms with E-state index in [1.165, 1.54) is 10.5 Å². The van der Waals surface area contributed by atoms with Crippen LogP contribution in [0.5, 0.6) is 0 Å². The number of allylic oxidation sites excluding steroid dienone is 4. The van der Waals surface area contributed by atoms with Gasteiger partial charge in [-0.05, 0) is 144 Å². The largest absolute Gasteiger partial charge is 0.351 e. The third kappa shape index (κ3) is 16.5. The van der Waals surface area contributed by atoms with Crippen LogP contribution in [0.15, 0.2) is 109 Å². The second-order valence-corrected chi connectivity index (χ2v) is 29.4. The zero-order valence-corrected chi connectivity index (χ0v) is 49.9. The molecule has 432 valence electrons. The van der Waals surface area contributed by atoms with Gasteiger partial charge in [-0.2, -0.15) is 0 Å². The molecule has 2 aliphatic carbocycles. The number of nitrogens with zero attached hydrogens (tertiary/aromatic N) is 2. The number of hydrogen-bond donors (Lipinski definition) is 7. The number of amides is 7. The average Bonchev–Trinajstić information content (AvgIpc) is 4.14. The highest BCUT2D eigenvalue weighted by atomic mass is 28.3. The van der Waals surface area contributed by atoms with Crippen LogP contribution in [0.25, 0.3) is 0 Å². The van der Waals surface area contributed by atoms with Crippen LogP contribution in [-0.4, -0.2) is 134 Å². The van der Waals surface area contributed by atoms with Crippen molar-refractivity contribution in [2.45, 2.75) is 166 Å². The van der Waals surface area contributed by atoms with E-state index in [1.54, 1.807) is 57.1 Å². The molecule has 81 heavy (non-hydrogen) atoms. The molecule has 17 heteroatoms. The Labute approximate surface area is 480 Å². The Morgan fingerprint density at radius 1 is 0.716 bits per heavy atom. The lowest BCUT2D eigenvalue weighted by atomic mass is 9.85. The van der Waals surface area contributed by atoms with Gasteiger partial charge >= 0.3 is 0 Å². The topological polar surface area (TPSA) is 210 Å². The Bertz CT molecular complexity index is 2920. The molecule has 2 fully saturated rings. The molecule has 2 saturated heterocycles. The van der Waals surface area contributed by atoms with E-state index in [2.05, 4.69) is 80.9 Å². The number of rotatable bonds is 16. The number of nitrogens with one attached hydrogen (secondary N) is 7. The van der Waals surface area contributed by atoms with Gasteiger partial charge in [-0.3, -0.25) is 33.6 Å². The van der Waals surface area contributed by atoms with Crippen molar-refractivity contribution in [3.8, 4) is 11.8 Å². The standard InChI is InChI=1S/C64H85N9O7Si/c1-41-18-12-11-13-22-49(23-16-19-41)67-60(77)54-37-50(38-72(54)63(80)56(64(4,5)6)71-58(75)43(3)66-8)68-59(76)48-34-32-45(33-35-48)27-26-44-28-30-46(31-29-44)36-53(70-57(74)42(2)65-7)62(79)73-40-81(9,10)39-55(73)61(78)69-52-25-17-21-47-20-14-15-24-51(47)52/h11-15,18,20,24,28-35,42-43,49-50,52-56,65-66H,1,16-17,19,21-23,25,36-40H2,2-10H3,(H,67,77)(H,68,76)(H,69,78)(H,70,74)(H,71,75)/b13-11-,18-12-/t42-,43-,49-,50-,52+,53-,54-,55-,56?/m0/s1. The van der Waals surface area contributed by atoms with Crippen LogP contribution in [-0.2, 0) is 41.6 Å². The lowest BCUT2D eigenvalue weighted by molar-refractivity contribution is -0.144. The highest BCUT2D eigenvalue weighted by molar-refractivity contribution is 6.79. The Balaban J connectivity index is 1.01. The first-order valence-electron chi connectivity index (χ1n) is 28.8. The Morgan fingerprint density at radius 3 is 2.01 bits per heavy atom. The van der Waals surface area contributed by atoms with Gasteiger partial charge in [-0.1, -0.05) is 119 Å².